The predicted octanol–water partition coefficient (Wildman–Crippen LogP) is 1.82. The van der Waals surface area contributed by atoms with E-state index in [-0.39, 0.29) is 13.2 Å². The van der Waals surface area contributed by atoms with Crippen LogP contribution in [0, 0.1) is 13.8 Å². The zero-order chi connectivity index (χ0) is 17.9. The lowest BCUT2D eigenvalue weighted by atomic mass is 10.1. The lowest BCUT2D eigenvalue weighted by Gasteiger charge is -2.18. The maximum absolute atomic E-state index is 12.0. The average Bonchev–Trinajstić information content (AvgIpc) is 2.91. The number of amides is 3. The number of esters is 1. The van der Waals surface area contributed by atoms with Crippen molar-refractivity contribution in [1.29, 1.82) is 0 Å². The lowest BCUT2D eigenvalue weighted by molar-refractivity contribution is -0.159. The highest BCUT2D eigenvalue weighted by atomic mass is 35.5. The topological polar surface area (TPSA) is 84.9 Å². The maximum atomic E-state index is 12.0. The minimum atomic E-state index is -1.06. The molecule has 1 aromatic rings. The fourth-order valence-corrected chi connectivity index (χ4v) is 2.77. The van der Waals surface area contributed by atoms with Crippen molar-refractivity contribution in [2.75, 3.05) is 19.7 Å². The lowest BCUT2D eigenvalue weighted by Crippen LogP contribution is -2.42. The van der Waals surface area contributed by atoms with Gasteiger partial charge >= 0.3 is 12.0 Å². The van der Waals surface area contributed by atoms with E-state index in [1.165, 1.54) is 6.92 Å². The molecule has 7 nitrogen and oxygen atoms in total. The molecule has 8 heteroatoms. The maximum Gasteiger partial charge on any atom is 0.344 e. The second-order valence-corrected chi connectivity index (χ2v) is 5.95. The van der Waals surface area contributed by atoms with Gasteiger partial charge in [0.15, 0.2) is 12.7 Å². The zero-order valence-electron chi connectivity index (χ0n) is 13.7. The zero-order valence-corrected chi connectivity index (χ0v) is 14.5. The number of benzene rings is 1. The fourth-order valence-electron chi connectivity index (χ4n) is 2.44. The summed E-state index contributed by atoms with van der Waals surface area (Å²) in [6.07, 6.45) is -1.06. The highest BCUT2D eigenvalue weighted by molar-refractivity contribution is 6.30. The van der Waals surface area contributed by atoms with Gasteiger partial charge < -0.3 is 14.8 Å². The molecule has 1 fully saturated rings. The smallest absolute Gasteiger partial charge is 0.344 e. The van der Waals surface area contributed by atoms with E-state index in [9.17, 15) is 14.4 Å². The number of carbonyl (C=O) groups excluding carboxylic acids is 3. The van der Waals surface area contributed by atoms with Gasteiger partial charge in [-0.25, -0.2) is 9.59 Å². The van der Waals surface area contributed by atoms with Crippen LogP contribution in [-0.2, 0) is 14.3 Å². The van der Waals surface area contributed by atoms with Gasteiger partial charge in [-0.3, -0.25) is 9.69 Å². The van der Waals surface area contributed by atoms with Crippen LogP contribution in [0.4, 0.5) is 4.79 Å². The predicted molar refractivity (Wildman–Crippen MR) is 87.1 cm³/mol. The SMILES string of the molecule is Cc1cc(Cl)cc(C)c1OCC(=O)O[C@H](C)C(=O)N1CCNC1=O. The van der Waals surface area contributed by atoms with Crippen LogP contribution in [0.25, 0.3) is 0 Å². The molecule has 0 unspecified atom stereocenters. The number of ether oxygens (including phenoxy) is 2. The second-order valence-electron chi connectivity index (χ2n) is 5.51. The highest BCUT2D eigenvalue weighted by Gasteiger charge is 2.31. The van der Waals surface area contributed by atoms with Crippen molar-refractivity contribution in [3.8, 4) is 5.75 Å². The van der Waals surface area contributed by atoms with Crippen molar-refractivity contribution in [3.05, 3.63) is 28.3 Å². The van der Waals surface area contributed by atoms with Crippen molar-refractivity contribution < 1.29 is 23.9 Å². The van der Waals surface area contributed by atoms with Gasteiger partial charge in [0.25, 0.3) is 5.91 Å². The Bertz CT molecular complexity index is 653. The molecule has 1 atom stereocenters. The Morgan fingerprint density at radius 1 is 1.33 bits per heavy atom. The molecule has 0 saturated carbocycles. The Morgan fingerprint density at radius 2 is 1.96 bits per heavy atom. The summed E-state index contributed by atoms with van der Waals surface area (Å²) in [4.78, 5) is 36.4. The molecule has 0 radical (unpaired) electrons. The molecule has 0 aliphatic carbocycles. The van der Waals surface area contributed by atoms with Crippen LogP contribution in [-0.4, -0.2) is 48.6 Å². The van der Waals surface area contributed by atoms with Crippen molar-refractivity contribution in [1.82, 2.24) is 10.2 Å². The molecule has 1 saturated heterocycles. The Balaban J connectivity index is 1.89. The van der Waals surface area contributed by atoms with Gasteiger partial charge in [0.2, 0.25) is 0 Å². The van der Waals surface area contributed by atoms with E-state index in [4.69, 9.17) is 21.1 Å². The average molecular weight is 355 g/mol. The molecule has 1 aliphatic rings. The minimum Gasteiger partial charge on any atom is -0.481 e. The first kappa shape index (κ1) is 18.1. The molecule has 1 N–H and O–H groups in total. The molecule has 1 heterocycles. The summed E-state index contributed by atoms with van der Waals surface area (Å²) in [5.74, 6) is -0.698. The molecule has 130 valence electrons. The van der Waals surface area contributed by atoms with E-state index in [2.05, 4.69) is 5.32 Å². The van der Waals surface area contributed by atoms with Crippen LogP contribution < -0.4 is 10.1 Å². The third kappa shape index (κ3) is 4.17. The molecule has 0 aromatic heterocycles. The van der Waals surface area contributed by atoms with Crippen molar-refractivity contribution >= 4 is 29.5 Å². The Morgan fingerprint density at radius 3 is 2.50 bits per heavy atom. The minimum absolute atomic E-state index is 0.263. The summed E-state index contributed by atoms with van der Waals surface area (Å²) in [5.41, 5.74) is 1.59. The molecule has 0 spiro atoms. The van der Waals surface area contributed by atoms with Gasteiger partial charge in [0.05, 0.1) is 0 Å². The Labute approximate surface area is 144 Å². The van der Waals surface area contributed by atoms with Crippen LogP contribution >= 0.6 is 11.6 Å². The summed E-state index contributed by atoms with van der Waals surface area (Å²) in [7, 11) is 0. The summed E-state index contributed by atoms with van der Waals surface area (Å²) >= 11 is 5.94. The quantitative estimate of drug-likeness (QED) is 0.815. The number of nitrogens with zero attached hydrogens (tertiary/aromatic N) is 1. The molecule has 1 aliphatic heterocycles. The molecule has 24 heavy (non-hydrogen) atoms. The van der Waals surface area contributed by atoms with Crippen molar-refractivity contribution in [2.45, 2.75) is 26.9 Å². The first-order valence-electron chi connectivity index (χ1n) is 7.48. The van der Waals surface area contributed by atoms with E-state index >= 15 is 0 Å². The van der Waals surface area contributed by atoms with Gasteiger partial charge in [0.1, 0.15) is 5.75 Å². The van der Waals surface area contributed by atoms with Crippen LogP contribution in [0.5, 0.6) is 5.75 Å². The first-order valence-corrected chi connectivity index (χ1v) is 7.85. The summed E-state index contributed by atoms with van der Waals surface area (Å²) in [6, 6.07) is 2.98. The summed E-state index contributed by atoms with van der Waals surface area (Å²) in [5, 5.41) is 3.10. The molecule has 3 amide bonds. The fraction of sp³-hybridized carbons (Fsp3) is 0.438. The third-order valence-corrected chi connectivity index (χ3v) is 3.76. The van der Waals surface area contributed by atoms with Gasteiger partial charge in [-0.1, -0.05) is 11.6 Å². The van der Waals surface area contributed by atoms with Crippen LogP contribution in [0.2, 0.25) is 5.02 Å². The number of nitrogens with one attached hydrogen (secondary N) is 1. The summed E-state index contributed by atoms with van der Waals surface area (Å²) < 4.78 is 10.5. The molecule has 2 rings (SSSR count). The Hall–Kier alpha value is -2.28. The van der Waals surface area contributed by atoms with Crippen LogP contribution in [0.15, 0.2) is 12.1 Å². The molecule has 0 bridgehead atoms. The number of aryl methyl sites for hydroxylation is 2. The van der Waals surface area contributed by atoms with E-state index in [0.717, 1.165) is 16.0 Å². The number of urea groups is 1. The van der Waals surface area contributed by atoms with E-state index in [1.54, 1.807) is 12.1 Å². The van der Waals surface area contributed by atoms with Crippen LogP contribution in [0.1, 0.15) is 18.1 Å². The number of hydrogen-bond acceptors (Lipinski definition) is 5. The molecular weight excluding hydrogens is 336 g/mol. The second kappa shape index (κ2) is 7.53. The van der Waals surface area contributed by atoms with Gasteiger partial charge in [-0.05, 0) is 44.0 Å². The van der Waals surface area contributed by atoms with E-state index in [0.29, 0.717) is 17.3 Å². The largest absolute Gasteiger partial charge is 0.481 e. The standard InChI is InChI=1S/C16H19ClN2O5/c1-9-6-12(17)7-10(2)14(9)23-8-13(20)24-11(3)15(21)19-5-4-18-16(19)22/h6-7,11H,4-5,8H2,1-3H3,(H,18,22)/t11-/m1/s1. The van der Waals surface area contributed by atoms with Crippen molar-refractivity contribution in [2.24, 2.45) is 0 Å². The number of hydrogen-bond donors (Lipinski definition) is 1. The van der Waals surface area contributed by atoms with Crippen molar-refractivity contribution in [3.63, 3.8) is 0 Å². The molecular formula is C16H19ClN2O5. The number of imide groups is 1. The Kier molecular flexibility index (Phi) is 5.66. The number of halogens is 1. The molecule has 1 aromatic carbocycles. The highest BCUT2D eigenvalue weighted by Crippen LogP contribution is 2.27. The third-order valence-electron chi connectivity index (χ3n) is 3.54. The number of rotatable bonds is 5. The van der Waals surface area contributed by atoms with Gasteiger partial charge in [-0.15, -0.1) is 0 Å². The van der Waals surface area contributed by atoms with Gasteiger partial charge in [-0.2, -0.15) is 0 Å². The van der Waals surface area contributed by atoms with E-state index < -0.39 is 24.0 Å². The normalized spacial score (nSPS) is 15.0. The number of carbonyl (C=O) groups is 3. The first-order chi connectivity index (χ1) is 11.3. The monoisotopic (exact) mass is 354 g/mol. The van der Waals surface area contributed by atoms with E-state index in [1.807, 2.05) is 13.8 Å². The summed E-state index contributed by atoms with van der Waals surface area (Å²) in [6.45, 7) is 5.37. The van der Waals surface area contributed by atoms with Gasteiger partial charge in [0, 0.05) is 18.1 Å². The van der Waals surface area contributed by atoms with Crippen LogP contribution in [0.3, 0.4) is 0 Å².